The normalized spacial score (nSPS) is 13.1. The van der Waals surface area contributed by atoms with Gasteiger partial charge in [-0.25, -0.2) is 4.79 Å². The molecule has 1 aromatic carbocycles. The summed E-state index contributed by atoms with van der Waals surface area (Å²) in [7, 11) is 1.68. The largest absolute Gasteiger partial charge is 0.478 e. The van der Waals surface area contributed by atoms with Crippen LogP contribution >= 0.6 is 11.6 Å². The first kappa shape index (κ1) is 15.8. The van der Waals surface area contributed by atoms with Crippen molar-refractivity contribution in [3.05, 3.63) is 28.8 Å². The van der Waals surface area contributed by atoms with Gasteiger partial charge in [0.2, 0.25) is 0 Å². The molecule has 0 saturated heterocycles. The SMILES string of the molecule is COC(C)(C)CC(C)Nc1ccc(Cl)c(C(=O)O)c1. The molecule has 0 amide bonds. The van der Waals surface area contributed by atoms with Crippen LogP contribution in [0.2, 0.25) is 5.02 Å². The molecule has 0 aliphatic heterocycles. The lowest BCUT2D eigenvalue weighted by molar-refractivity contribution is 0.0128. The summed E-state index contributed by atoms with van der Waals surface area (Å²) in [5.41, 5.74) is 0.611. The highest BCUT2D eigenvalue weighted by atomic mass is 35.5. The minimum absolute atomic E-state index is 0.102. The molecule has 0 heterocycles. The minimum atomic E-state index is -1.03. The Bertz CT molecular complexity index is 460. The molecular weight excluding hydrogens is 266 g/mol. The standard InChI is InChI=1S/C14H20ClNO3/c1-9(8-14(2,3)19-4)16-10-5-6-12(15)11(7-10)13(17)18/h5-7,9,16H,8H2,1-4H3,(H,17,18). The Morgan fingerprint density at radius 3 is 2.68 bits per heavy atom. The summed E-state index contributed by atoms with van der Waals surface area (Å²) in [6, 6.07) is 5.05. The molecule has 4 nitrogen and oxygen atoms in total. The van der Waals surface area contributed by atoms with Crippen LogP contribution in [0.3, 0.4) is 0 Å². The van der Waals surface area contributed by atoms with Gasteiger partial charge < -0.3 is 15.2 Å². The monoisotopic (exact) mass is 285 g/mol. The number of hydrogen-bond acceptors (Lipinski definition) is 3. The van der Waals surface area contributed by atoms with Crippen molar-refractivity contribution in [2.45, 2.75) is 38.8 Å². The molecule has 0 aliphatic carbocycles. The summed E-state index contributed by atoms with van der Waals surface area (Å²) in [4.78, 5) is 11.0. The van der Waals surface area contributed by atoms with Crippen LogP contribution < -0.4 is 5.32 Å². The van der Waals surface area contributed by atoms with Crippen LogP contribution in [0.15, 0.2) is 18.2 Å². The number of hydrogen-bond donors (Lipinski definition) is 2. The second-order valence-corrected chi connectivity index (χ2v) is 5.62. The van der Waals surface area contributed by atoms with Crippen molar-refractivity contribution < 1.29 is 14.6 Å². The molecule has 5 heteroatoms. The van der Waals surface area contributed by atoms with Crippen molar-refractivity contribution in [3.63, 3.8) is 0 Å². The topological polar surface area (TPSA) is 58.6 Å². The van der Waals surface area contributed by atoms with E-state index in [9.17, 15) is 4.79 Å². The molecule has 0 spiro atoms. The van der Waals surface area contributed by atoms with Gasteiger partial charge in [-0.3, -0.25) is 0 Å². The summed E-state index contributed by atoms with van der Waals surface area (Å²) < 4.78 is 5.37. The van der Waals surface area contributed by atoms with Crippen LogP contribution in [0.25, 0.3) is 0 Å². The van der Waals surface area contributed by atoms with E-state index in [0.29, 0.717) is 0 Å². The maximum Gasteiger partial charge on any atom is 0.337 e. The Balaban J connectivity index is 2.77. The second kappa shape index (κ2) is 6.26. The highest BCUT2D eigenvalue weighted by molar-refractivity contribution is 6.33. The predicted molar refractivity (Wildman–Crippen MR) is 77.2 cm³/mol. The first-order chi connectivity index (χ1) is 8.75. The van der Waals surface area contributed by atoms with E-state index >= 15 is 0 Å². The number of carboxylic acid groups (broad SMARTS) is 1. The first-order valence-corrected chi connectivity index (χ1v) is 6.47. The Hall–Kier alpha value is -1.26. The fourth-order valence-electron chi connectivity index (χ4n) is 1.94. The molecule has 1 atom stereocenters. The minimum Gasteiger partial charge on any atom is -0.478 e. The van der Waals surface area contributed by atoms with Gasteiger partial charge >= 0.3 is 5.97 Å². The average Bonchev–Trinajstić information content (AvgIpc) is 2.30. The highest BCUT2D eigenvalue weighted by Gasteiger charge is 2.20. The average molecular weight is 286 g/mol. The van der Waals surface area contributed by atoms with Gasteiger partial charge in [0.05, 0.1) is 16.2 Å². The molecule has 0 aliphatic rings. The number of halogens is 1. The lowest BCUT2D eigenvalue weighted by atomic mass is 9.99. The lowest BCUT2D eigenvalue weighted by Crippen LogP contribution is -2.31. The van der Waals surface area contributed by atoms with Crippen LogP contribution in [0.1, 0.15) is 37.6 Å². The van der Waals surface area contributed by atoms with Crippen molar-refractivity contribution in [2.24, 2.45) is 0 Å². The van der Waals surface area contributed by atoms with Crippen LogP contribution in [-0.2, 0) is 4.74 Å². The molecule has 0 saturated carbocycles. The first-order valence-electron chi connectivity index (χ1n) is 6.09. The van der Waals surface area contributed by atoms with E-state index in [-0.39, 0.29) is 22.2 Å². The van der Waals surface area contributed by atoms with E-state index in [4.69, 9.17) is 21.4 Å². The maximum atomic E-state index is 11.0. The molecule has 2 N–H and O–H groups in total. The number of ether oxygens (including phenoxy) is 1. The molecule has 0 fully saturated rings. The smallest absolute Gasteiger partial charge is 0.337 e. The van der Waals surface area contributed by atoms with Crippen LogP contribution in [-0.4, -0.2) is 29.8 Å². The third-order valence-electron chi connectivity index (χ3n) is 2.96. The van der Waals surface area contributed by atoms with E-state index in [1.807, 2.05) is 20.8 Å². The molecule has 1 rings (SSSR count). The van der Waals surface area contributed by atoms with Gasteiger partial charge in [0.15, 0.2) is 0 Å². The van der Waals surface area contributed by atoms with Crippen molar-refractivity contribution in [3.8, 4) is 0 Å². The molecule has 106 valence electrons. The number of rotatable bonds is 6. The predicted octanol–water partition coefficient (Wildman–Crippen LogP) is 3.65. The maximum absolute atomic E-state index is 11.0. The van der Waals surface area contributed by atoms with Crippen LogP contribution in [0.5, 0.6) is 0 Å². The molecule has 1 aromatic rings. The number of aromatic carboxylic acids is 1. The molecule has 19 heavy (non-hydrogen) atoms. The summed E-state index contributed by atoms with van der Waals surface area (Å²) in [6.45, 7) is 6.04. The number of nitrogens with one attached hydrogen (secondary N) is 1. The zero-order valence-corrected chi connectivity index (χ0v) is 12.4. The Morgan fingerprint density at radius 1 is 1.53 bits per heavy atom. The lowest BCUT2D eigenvalue weighted by Gasteiger charge is -2.27. The molecule has 1 unspecified atom stereocenters. The van der Waals surface area contributed by atoms with Gasteiger partial charge in [0, 0.05) is 18.8 Å². The zero-order valence-electron chi connectivity index (χ0n) is 11.7. The Labute approximate surface area is 118 Å². The quantitative estimate of drug-likeness (QED) is 0.837. The number of methoxy groups -OCH3 is 1. The van der Waals surface area contributed by atoms with E-state index < -0.39 is 5.97 Å². The van der Waals surface area contributed by atoms with Crippen molar-refractivity contribution >= 4 is 23.3 Å². The summed E-state index contributed by atoms with van der Waals surface area (Å²) >= 11 is 5.83. The fourth-order valence-corrected chi connectivity index (χ4v) is 2.13. The van der Waals surface area contributed by atoms with Gasteiger partial charge in [0.25, 0.3) is 0 Å². The van der Waals surface area contributed by atoms with E-state index in [1.54, 1.807) is 25.3 Å². The second-order valence-electron chi connectivity index (χ2n) is 5.21. The van der Waals surface area contributed by atoms with E-state index in [1.165, 1.54) is 0 Å². The number of carbonyl (C=O) groups is 1. The number of anilines is 1. The molecule has 0 aromatic heterocycles. The van der Waals surface area contributed by atoms with Crippen molar-refractivity contribution in [2.75, 3.05) is 12.4 Å². The fraction of sp³-hybridized carbons (Fsp3) is 0.500. The van der Waals surface area contributed by atoms with Crippen molar-refractivity contribution in [1.29, 1.82) is 0 Å². The van der Waals surface area contributed by atoms with Crippen LogP contribution in [0, 0.1) is 0 Å². The molecular formula is C14H20ClNO3. The van der Waals surface area contributed by atoms with E-state index in [2.05, 4.69) is 5.32 Å². The van der Waals surface area contributed by atoms with Gasteiger partial charge in [-0.2, -0.15) is 0 Å². The van der Waals surface area contributed by atoms with Gasteiger partial charge in [-0.05, 0) is 45.4 Å². The van der Waals surface area contributed by atoms with Gasteiger partial charge in [-0.15, -0.1) is 0 Å². The number of benzene rings is 1. The third kappa shape index (κ3) is 4.73. The molecule has 0 bridgehead atoms. The van der Waals surface area contributed by atoms with Crippen LogP contribution in [0.4, 0.5) is 5.69 Å². The summed E-state index contributed by atoms with van der Waals surface area (Å²) in [6.07, 6.45) is 0.800. The zero-order chi connectivity index (χ0) is 14.6. The van der Waals surface area contributed by atoms with Gasteiger partial charge in [0.1, 0.15) is 0 Å². The van der Waals surface area contributed by atoms with Gasteiger partial charge in [-0.1, -0.05) is 11.6 Å². The summed E-state index contributed by atoms with van der Waals surface area (Å²) in [5, 5.41) is 12.5. The number of carboxylic acids is 1. The molecule has 0 radical (unpaired) electrons. The summed E-state index contributed by atoms with van der Waals surface area (Å²) in [5.74, 6) is -1.03. The Morgan fingerprint density at radius 2 is 2.16 bits per heavy atom. The third-order valence-corrected chi connectivity index (χ3v) is 3.29. The van der Waals surface area contributed by atoms with Crippen molar-refractivity contribution in [1.82, 2.24) is 0 Å². The Kier molecular flexibility index (Phi) is 5.20. The van der Waals surface area contributed by atoms with E-state index in [0.717, 1.165) is 12.1 Å². The highest BCUT2D eigenvalue weighted by Crippen LogP contribution is 2.23.